The van der Waals surface area contributed by atoms with Gasteiger partial charge in [-0.2, -0.15) is 0 Å². The van der Waals surface area contributed by atoms with E-state index in [0.29, 0.717) is 5.92 Å². The number of benzene rings is 1. The van der Waals surface area contributed by atoms with Crippen LogP contribution in [0.25, 0.3) is 0 Å². The monoisotopic (exact) mass is 352 g/mol. The van der Waals surface area contributed by atoms with Gasteiger partial charge < -0.3 is 10.2 Å². The van der Waals surface area contributed by atoms with Gasteiger partial charge in [-0.15, -0.1) is 0 Å². The van der Waals surface area contributed by atoms with Gasteiger partial charge in [-0.3, -0.25) is 9.59 Å². The molecular weight excluding hydrogens is 332 g/mol. The smallest absolute Gasteiger partial charge is 0.241 e. The van der Waals surface area contributed by atoms with Crippen LogP contribution in [0, 0.1) is 5.92 Å². The van der Waals surface area contributed by atoms with E-state index in [0.717, 1.165) is 36.0 Å². The van der Waals surface area contributed by atoms with Crippen LogP contribution in [0.4, 0.5) is 0 Å². The molecule has 0 aromatic heterocycles. The van der Waals surface area contributed by atoms with Crippen LogP contribution < -0.4 is 5.32 Å². The molecule has 1 saturated heterocycles. The van der Waals surface area contributed by atoms with Crippen LogP contribution in [0.2, 0.25) is 0 Å². The van der Waals surface area contributed by atoms with Crippen molar-refractivity contribution >= 4 is 27.7 Å². The van der Waals surface area contributed by atoms with E-state index in [9.17, 15) is 9.59 Å². The summed E-state index contributed by atoms with van der Waals surface area (Å²) in [6.07, 6.45) is 2.39. The summed E-state index contributed by atoms with van der Waals surface area (Å²) in [6, 6.07) is 7.61. The lowest BCUT2D eigenvalue weighted by Crippen LogP contribution is -2.44. The topological polar surface area (TPSA) is 49.4 Å². The molecule has 1 fully saturated rings. The number of nitrogens with one attached hydrogen (secondary N) is 1. The summed E-state index contributed by atoms with van der Waals surface area (Å²) in [5.41, 5.74) is 0.925. The second-order valence-electron chi connectivity index (χ2n) is 5.61. The molecule has 1 aliphatic heterocycles. The van der Waals surface area contributed by atoms with E-state index in [1.165, 1.54) is 0 Å². The van der Waals surface area contributed by atoms with Gasteiger partial charge in [0.25, 0.3) is 0 Å². The van der Waals surface area contributed by atoms with E-state index in [1.807, 2.05) is 29.2 Å². The molecule has 1 aromatic rings. The van der Waals surface area contributed by atoms with Crippen molar-refractivity contribution in [3.63, 3.8) is 0 Å². The number of nitrogens with zero attached hydrogens (tertiary/aromatic N) is 1. The largest absolute Gasteiger partial charge is 0.347 e. The van der Waals surface area contributed by atoms with Crippen molar-refractivity contribution < 1.29 is 9.59 Å². The number of hydrogen-bond donors (Lipinski definition) is 1. The van der Waals surface area contributed by atoms with Crippen molar-refractivity contribution in [2.45, 2.75) is 26.2 Å². The van der Waals surface area contributed by atoms with Gasteiger partial charge in [-0.1, -0.05) is 41.1 Å². The summed E-state index contributed by atoms with van der Waals surface area (Å²) in [4.78, 5) is 25.8. The third-order valence-corrected chi connectivity index (χ3v) is 4.66. The number of rotatable bonds is 4. The first-order chi connectivity index (χ1) is 10.1. The molecule has 1 N–H and O–H groups in total. The maximum absolute atomic E-state index is 12.0. The van der Waals surface area contributed by atoms with Gasteiger partial charge >= 0.3 is 0 Å². The van der Waals surface area contributed by atoms with Crippen LogP contribution >= 0.6 is 15.9 Å². The molecule has 1 heterocycles. The normalized spacial score (nSPS) is 15.8. The number of piperidine rings is 1. The molecule has 1 aromatic carbocycles. The highest BCUT2D eigenvalue weighted by molar-refractivity contribution is 9.10. The molecule has 0 atom stereocenters. The molecule has 0 unspecified atom stereocenters. The van der Waals surface area contributed by atoms with Crippen LogP contribution in [0.3, 0.4) is 0 Å². The summed E-state index contributed by atoms with van der Waals surface area (Å²) in [6.45, 7) is 3.92. The lowest BCUT2D eigenvalue weighted by Gasteiger charge is -2.30. The first-order valence-electron chi connectivity index (χ1n) is 7.34. The second-order valence-corrected chi connectivity index (χ2v) is 6.46. The number of hydrogen-bond acceptors (Lipinski definition) is 2. The standard InChI is InChI=1S/C16H21BrN2O2/c1-12-6-8-19(9-7-12)16(21)11-18-15(20)10-13-4-2-3-5-14(13)17/h2-5,12H,6-11H2,1H3,(H,18,20). The molecule has 0 radical (unpaired) electrons. The summed E-state index contributed by atoms with van der Waals surface area (Å²) < 4.78 is 0.913. The average molecular weight is 353 g/mol. The van der Waals surface area contributed by atoms with Crippen LogP contribution in [0.5, 0.6) is 0 Å². The van der Waals surface area contributed by atoms with Crippen LogP contribution in [0.1, 0.15) is 25.3 Å². The molecule has 0 spiro atoms. The second kappa shape index (κ2) is 7.59. The minimum Gasteiger partial charge on any atom is -0.347 e. The quantitative estimate of drug-likeness (QED) is 0.904. The molecular formula is C16H21BrN2O2. The third kappa shape index (κ3) is 4.84. The molecule has 114 valence electrons. The summed E-state index contributed by atoms with van der Waals surface area (Å²) in [5, 5.41) is 2.72. The van der Waals surface area contributed by atoms with Gasteiger partial charge in [0.05, 0.1) is 13.0 Å². The van der Waals surface area contributed by atoms with Crippen LogP contribution in [-0.2, 0) is 16.0 Å². The molecule has 5 heteroatoms. The highest BCUT2D eigenvalue weighted by Gasteiger charge is 2.20. The molecule has 0 aliphatic carbocycles. The van der Waals surface area contributed by atoms with Gasteiger partial charge in [0.15, 0.2) is 0 Å². The fourth-order valence-electron chi connectivity index (χ4n) is 2.42. The Morgan fingerprint density at radius 2 is 1.95 bits per heavy atom. The first-order valence-corrected chi connectivity index (χ1v) is 8.13. The lowest BCUT2D eigenvalue weighted by molar-refractivity contribution is -0.133. The highest BCUT2D eigenvalue weighted by Crippen LogP contribution is 2.17. The Morgan fingerprint density at radius 1 is 1.29 bits per heavy atom. The predicted octanol–water partition coefficient (Wildman–Crippen LogP) is 2.37. The molecule has 21 heavy (non-hydrogen) atoms. The zero-order valence-electron chi connectivity index (χ0n) is 12.3. The highest BCUT2D eigenvalue weighted by atomic mass is 79.9. The zero-order valence-corrected chi connectivity index (χ0v) is 13.9. The van der Waals surface area contributed by atoms with Crippen LogP contribution in [-0.4, -0.2) is 36.3 Å². The average Bonchev–Trinajstić information content (AvgIpc) is 2.48. The molecule has 1 aliphatic rings. The SMILES string of the molecule is CC1CCN(C(=O)CNC(=O)Cc2ccccc2Br)CC1. The Bertz CT molecular complexity index is 511. The number of halogens is 1. The van der Waals surface area contributed by atoms with E-state index in [-0.39, 0.29) is 24.8 Å². The third-order valence-electron chi connectivity index (χ3n) is 3.88. The Morgan fingerprint density at radius 3 is 2.62 bits per heavy atom. The Kier molecular flexibility index (Phi) is 5.79. The van der Waals surface area contributed by atoms with Crippen molar-refractivity contribution in [3.05, 3.63) is 34.3 Å². The van der Waals surface area contributed by atoms with E-state index in [1.54, 1.807) is 0 Å². The maximum atomic E-state index is 12.0. The predicted molar refractivity (Wildman–Crippen MR) is 85.8 cm³/mol. The number of amides is 2. The number of carbonyl (C=O) groups is 2. The molecule has 0 bridgehead atoms. The zero-order chi connectivity index (χ0) is 15.2. The maximum Gasteiger partial charge on any atom is 0.241 e. The number of carbonyl (C=O) groups excluding carboxylic acids is 2. The molecule has 2 rings (SSSR count). The van der Waals surface area contributed by atoms with E-state index in [4.69, 9.17) is 0 Å². The summed E-state index contributed by atoms with van der Waals surface area (Å²) in [5.74, 6) is 0.585. The first kappa shape index (κ1) is 16.0. The summed E-state index contributed by atoms with van der Waals surface area (Å²) >= 11 is 3.42. The van der Waals surface area contributed by atoms with Crippen molar-refractivity contribution in [2.24, 2.45) is 5.92 Å². The van der Waals surface area contributed by atoms with Gasteiger partial charge in [0, 0.05) is 17.6 Å². The van der Waals surface area contributed by atoms with Gasteiger partial charge in [-0.25, -0.2) is 0 Å². The summed E-state index contributed by atoms with van der Waals surface area (Å²) in [7, 11) is 0. The number of likely N-dealkylation sites (tertiary alicyclic amines) is 1. The molecule has 0 saturated carbocycles. The fourth-order valence-corrected chi connectivity index (χ4v) is 2.85. The lowest BCUT2D eigenvalue weighted by atomic mass is 9.99. The van der Waals surface area contributed by atoms with Crippen LogP contribution in [0.15, 0.2) is 28.7 Å². The van der Waals surface area contributed by atoms with Crippen molar-refractivity contribution in [3.8, 4) is 0 Å². The Labute approximate surface area is 134 Å². The van der Waals surface area contributed by atoms with E-state index >= 15 is 0 Å². The molecule has 4 nitrogen and oxygen atoms in total. The Balaban J connectivity index is 1.76. The minimum atomic E-state index is -0.124. The van der Waals surface area contributed by atoms with Gasteiger partial charge in [-0.05, 0) is 30.4 Å². The molecule has 2 amide bonds. The fraction of sp³-hybridized carbons (Fsp3) is 0.500. The Hall–Kier alpha value is -1.36. The van der Waals surface area contributed by atoms with Crippen molar-refractivity contribution in [1.29, 1.82) is 0 Å². The van der Waals surface area contributed by atoms with Crippen molar-refractivity contribution in [1.82, 2.24) is 10.2 Å². The van der Waals surface area contributed by atoms with Gasteiger partial charge in [0.2, 0.25) is 11.8 Å². The van der Waals surface area contributed by atoms with E-state index in [2.05, 4.69) is 28.2 Å². The minimum absolute atomic E-state index is 0.0161. The van der Waals surface area contributed by atoms with Crippen molar-refractivity contribution in [2.75, 3.05) is 19.6 Å². The van der Waals surface area contributed by atoms with Gasteiger partial charge in [0.1, 0.15) is 0 Å². The van der Waals surface area contributed by atoms with E-state index < -0.39 is 0 Å².